The maximum Gasteiger partial charge on any atom is 0.121 e. The van der Waals surface area contributed by atoms with Crippen LogP contribution in [-0.4, -0.2) is 0 Å². The molecule has 0 atom stereocenters. The summed E-state index contributed by atoms with van der Waals surface area (Å²) in [6.07, 6.45) is 0. The average molecular weight is 234 g/mol. The molecule has 0 heterocycles. The zero-order chi connectivity index (χ0) is 12.8. The van der Waals surface area contributed by atoms with Crippen LogP contribution in [0.4, 0.5) is 0 Å². The van der Waals surface area contributed by atoms with E-state index in [9.17, 15) is 0 Å². The molecule has 0 aliphatic heterocycles. The Balaban J connectivity index is 2.12. The van der Waals surface area contributed by atoms with Gasteiger partial charge in [0.25, 0.3) is 0 Å². The van der Waals surface area contributed by atoms with Crippen molar-refractivity contribution in [1.29, 1.82) is 10.5 Å². The van der Waals surface area contributed by atoms with Crippen molar-refractivity contribution >= 4 is 0 Å². The summed E-state index contributed by atoms with van der Waals surface area (Å²) in [5.74, 6) is 0.627. The van der Waals surface area contributed by atoms with Crippen LogP contribution in [-0.2, 0) is 6.61 Å². The third-order valence-electron chi connectivity index (χ3n) is 2.50. The molecule has 0 fully saturated rings. The molecule has 0 aliphatic rings. The van der Waals surface area contributed by atoms with E-state index in [2.05, 4.69) is 12.1 Å². The van der Waals surface area contributed by atoms with Crippen LogP contribution >= 0.6 is 0 Å². The van der Waals surface area contributed by atoms with Gasteiger partial charge >= 0.3 is 0 Å². The van der Waals surface area contributed by atoms with E-state index in [1.54, 1.807) is 30.3 Å². The Morgan fingerprint density at radius 1 is 0.944 bits per heavy atom. The van der Waals surface area contributed by atoms with E-state index in [1.807, 2.05) is 18.2 Å². The molecule has 0 saturated carbocycles. The van der Waals surface area contributed by atoms with Gasteiger partial charge in [-0.15, -0.1) is 0 Å². The summed E-state index contributed by atoms with van der Waals surface area (Å²) in [5.41, 5.74) is 2.00. The van der Waals surface area contributed by atoms with Crippen LogP contribution in [0.1, 0.15) is 16.7 Å². The highest BCUT2D eigenvalue weighted by molar-refractivity contribution is 5.38. The van der Waals surface area contributed by atoms with E-state index >= 15 is 0 Å². The van der Waals surface area contributed by atoms with Crippen molar-refractivity contribution in [2.45, 2.75) is 6.61 Å². The lowest BCUT2D eigenvalue weighted by molar-refractivity contribution is 0.306. The van der Waals surface area contributed by atoms with Gasteiger partial charge in [0.05, 0.1) is 23.3 Å². The van der Waals surface area contributed by atoms with Gasteiger partial charge in [0.1, 0.15) is 12.4 Å². The minimum Gasteiger partial charge on any atom is -0.489 e. The number of hydrogen-bond donors (Lipinski definition) is 0. The fraction of sp³-hybridized carbons (Fsp3) is 0.0667. The number of ether oxygens (including phenoxy) is 1. The molecule has 3 heteroatoms. The molecule has 0 unspecified atom stereocenters. The van der Waals surface area contributed by atoms with Crippen molar-refractivity contribution in [3.63, 3.8) is 0 Å². The Hall–Kier alpha value is -2.78. The van der Waals surface area contributed by atoms with Crippen LogP contribution in [0.15, 0.2) is 48.5 Å². The number of benzene rings is 2. The fourth-order valence-electron chi connectivity index (χ4n) is 1.57. The van der Waals surface area contributed by atoms with Crippen molar-refractivity contribution < 1.29 is 4.74 Å². The van der Waals surface area contributed by atoms with E-state index in [4.69, 9.17) is 15.3 Å². The molecule has 0 saturated heterocycles. The van der Waals surface area contributed by atoms with Crippen LogP contribution < -0.4 is 4.74 Å². The van der Waals surface area contributed by atoms with Gasteiger partial charge in [-0.25, -0.2) is 0 Å². The lowest BCUT2D eigenvalue weighted by Gasteiger charge is -2.07. The van der Waals surface area contributed by atoms with Crippen LogP contribution in [0, 0.1) is 22.7 Å². The summed E-state index contributed by atoms with van der Waals surface area (Å²) < 4.78 is 5.57. The predicted molar refractivity (Wildman–Crippen MR) is 66.6 cm³/mol. The van der Waals surface area contributed by atoms with Crippen molar-refractivity contribution in [3.8, 4) is 17.9 Å². The number of nitriles is 2. The summed E-state index contributed by atoms with van der Waals surface area (Å²) in [7, 11) is 0. The predicted octanol–water partition coefficient (Wildman–Crippen LogP) is 3.01. The van der Waals surface area contributed by atoms with Gasteiger partial charge < -0.3 is 4.74 Å². The maximum absolute atomic E-state index is 8.95. The normalized spacial score (nSPS) is 9.22. The first-order chi connectivity index (χ1) is 8.83. The SMILES string of the molecule is N#Cc1cccc(OCc2ccccc2C#N)c1. The van der Waals surface area contributed by atoms with E-state index in [0.29, 0.717) is 23.5 Å². The standard InChI is InChI=1S/C15H10N2O/c16-9-12-4-3-7-15(8-12)18-11-14-6-2-1-5-13(14)10-17/h1-8H,11H2. The molecular formula is C15H10N2O. The molecule has 0 spiro atoms. The van der Waals surface area contributed by atoms with E-state index in [1.165, 1.54) is 0 Å². The van der Waals surface area contributed by atoms with Crippen molar-refractivity contribution in [2.24, 2.45) is 0 Å². The second kappa shape index (κ2) is 5.52. The summed E-state index contributed by atoms with van der Waals surface area (Å²) in [6, 6.07) is 18.4. The number of rotatable bonds is 3. The highest BCUT2D eigenvalue weighted by Gasteiger charge is 2.02. The average Bonchev–Trinajstić information content (AvgIpc) is 2.45. The summed E-state index contributed by atoms with van der Waals surface area (Å²) in [4.78, 5) is 0. The summed E-state index contributed by atoms with van der Waals surface area (Å²) >= 11 is 0. The lowest BCUT2D eigenvalue weighted by Crippen LogP contribution is -1.98. The third-order valence-corrected chi connectivity index (χ3v) is 2.50. The van der Waals surface area contributed by atoms with Crippen molar-refractivity contribution in [2.75, 3.05) is 0 Å². The fourth-order valence-corrected chi connectivity index (χ4v) is 1.57. The van der Waals surface area contributed by atoms with Gasteiger partial charge in [-0.05, 0) is 24.3 Å². The van der Waals surface area contributed by atoms with E-state index < -0.39 is 0 Å². The van der Waals surface area contributed by atoms with E-state index in [-0.39, 0.29) is 0 Å². The van der Waals surface area contributed by atoms with Crippen molar-refractivity contribution in [3.05, 3.63) is 65.2 Å². The Bertz CT molecular complexity index is 635. The second-order valence-electron chi connectivity index (χ2n) is 3.70. The molecule has 2 rings (SSSR count). The molecule has 86 valence electrons. The maximum atomic E-state index is 8.95. The largest absolute Gasteiger partial charge is 0.489 e. The molecular weight excluding hydrogens is 224 g/mol. The van der Waals surface area contributed by atoms with Crippen LogP contribution in [0.2, 0.25) is 0 Å². The first kappa shape index (κ1) is 11.7. The topological polar surface area (TPSA) is 56.8 Å². The molecule has 0 aliphatic carbocycles. The van der Waals surface area contributed by atoms with Crippen LogP contribution in [0.5, 0.6) is 5.75 Å². The Morgan fingerprint density at radius 2 is 1.78 bits per heavy atom. The third kappa shape index (κ3) is 2.66. The van der Waals surface area contributed by atoms with Crippen LogP contribution in [0.25, 0.3) is 0 Å². The molecule has 18 heavy (non-hydrogen) atoms. The van der Waals surface area contributed by atoms with Gasteiger partial charge in [0.2, 0.25) is 0 Å². The zero-order valence-electron chi connectivity index (χ0n) is 9.63. The monoisotopic (exact) mass is 234 g/mol. The highest BCUT2D eigenvalue weighted by Crippen LogP contribution is 2.16. The Labute approximate surface area is 105 Å². The second-order valence-corrected chi connectivity index (χ2v) is 3.70. The molecule has 0 bridgehead atoms. The van der Waals surface area contributed by atoms with Gasteiger partial charge in [-0.2, -0.15) is 10.5 Å². The molecule has 0 radical (unpaired) electrons. The van der Waals surface area contributed by atoms with Gasteiger partial charge in [-0.1, -0.05) is 24.3 Å². The number of nitrogens with zero attached hydrogens (tertiary/aromatic N) is 2. The number of hydrogen-bond acceptors (Lipinski definition) is 3. The molecule has 0 aromatic heterocycles. The van der Waals surface area contributed by atoms with Gasteiger partial charge in [0.15, 0.2) is 0 Å². The quantitative estimate of drug-likeness (QED) is 0.820. The molecule has 0 N–H and O–H groups in total. The minimum absolute atomic E-state index is 0.318. The Kier molecular flexibility index (Phi) is 3.59. The molecule has 3 nitrogen and oxygen atoms in total. The lowest BCUT2D eigenvalue weighted by atomic mass is 10.1. The summed E-state index contributed by atoms with van der Waals surface area (Å²) in [6.45, 7) is 0.318. The van der Waals surface area contributed by atoms with Crippen LogP contribution in [0.3, 0.4) is 0 Å². The van der Waals surface area contributed by atoms with Gasteiger partial charge in [-0.3, -0.25) is 0 Å². The summed E-state index contributed by atoms with van der Waals surface area (Å²) in [5, 5.41) is 17.7. The smallest absolute Gasteiger partial charge is 0.121 e. The minimum atomic E-state index is 0.318. The molecule has 2 aromatic rings. The molecule has 2 aromatic carbocycles. The van der Waals surface area contributed by atoms with Gasteiger partial charge in [0, 0.05) is 5.56 Å². The first-order valence-corrected chi connectivity index (χ1v) is 5.44. The first-order valence-electron chi connectivity index (χ1n) is 5.44. The zero-order valence-corrected chi connectivity index (χ0v) is 9.63. The Morgan fingerprint density at radius 3 is 2.56 bits per heavy atom. The van der Waals surface area contributed by atoms with Crippen molar-refractivity contribution in [1.82, 2.24) is 0 Å². The van der Waals surface area contributed by atoms with E-state index in [0.717, 1.165) is 5.56 Å². The molecule has 0 amide bonds. The highest BCUT2D eigenvalue weighted by atomic mass is 16.5.